The van der Waals surface area contributed by atoms with Crippen LogP contribution in [0.25, 0.3) is 0 Å². The second-order valence-electron chi connectivity index (χ2n) is 10.0. The maximum atomic E-state index is 14.6. The number of amides is 2. The maximum absolute atomic E-state index is 14.6. The summed E-state index contributed by atoms with van der Waals surface area (Å²) in [5.74, 6) is 0.553. The molecule has 0 N–H and O–H groups in total. The van der Waals surface area contributed by atoms with Crippen LogP contribution >= 0.6 is 0 Å². The van der Waals surface area contributed by atoms with Crippen LogP contribution in [0.15, 0.2) is 0 Å². The standard InChI is InChI=1S/C21H34FN3O2/c1-16(2)13-24-14-19(20(15-24)9-10-23(3)17(20)26)7-11-25(12-8-19)18(27)21(22)5-4-6-21/h16H,4-15H2,1-3H3. The molecule has 3 heterocycles. The van der Waals surface area contributed by atoms with E-state index >= 15 is 0 Å². The van der Waals surface area contributed by atoms with Crippen molar-refractivity contribution in [3.8, 4) is 0 Å². The smallest absolute Gasteiger partial charge is 0.260 e. The van der Waals surface area contributed by atoms with Gasteiger partial charge in [-0.3, -0.25) is 9.59 Å². The van der Waals surface area contributed by atoms with Gasteiger partial charge in [0.1, 0.15) is 0 Å². The average Bonchev–Trinajstić information content (AvgIpc) is 3.05. The van der Waals surface area contributed by atoms with Gasteiger partial charge in [-0.25, -0.2) is 4.39 Å². The number of fused-ring (bicyclic) bond motifs is 1. The molecule has 0 radical (unpaired) electrons. The first-order valence-corrected chi connectivity index (χ1v) is 10.7. The molecule has 1 saturated carbocycles. The fourth-order valence-corrected chi connectivity index (χ4v) is 6.16. The Balaban J connectivity index is 1.53. The molecule has 4 fully saturated rings. The van der Waals surface area contributed by atoms with E-state index in [0.29, 0.717) is 31.8 Å². The highest BCUT2D eigenvalue weighted by atomic mass is 19.1. The monoisotopic (exact) mass is 379 g/mol. The van der Waals surface area contributed by atoms with Crippen LogP contribution in [-0.2, 0) is 9.59 Å². The first-order valence-electron chi connectivity index (χ1n) is 10.7. The van der Waals surface area contributed by atoms with Gasteiger partial charge in [-0.05, 0) is 44.4 Å². The van der Waals surface area contributed by atoms with Gasteiger partial charge in [-0.1, -0.05) is 13.8 Å². The Labute approximate surface area is 162 Å². The molecule has 0 aromatic heterocycles. The molecule has 5 nitrogen and oxygen atoms in total. The number of halogens is 1. The van der Waals surface area contributed by atoms with Gasteiger partial charge in [0.15, 0.2) is 5.67 Å². The Morgan fingerprint density at radius 3 is 2.22 bits per heavy atom. The van der Waals surface area contributed by atoms with Crippen molar-refractivity contribution in [1.82, 2.24) is 14.7 Å². The van der Waals surface area contributed by atoms with Crippen molar-refractivity contribution in [2.45, 2.75) is 58.0 Å². The molecule has 0 bridgehead atoms. The van der Waals surface area contributed by atoms with Gasteiger partial charge in [0.25, 0.3) is 5.91 Å². The molecule has 1 aliphatic carbocycles. The lowest BCUT2D eigenvalue weighted by atomic mass is 9.60. The molecule has 2 amide bonds. The summed E-state index contributed by atoms with van der Waals surface area (Å²) < 4.78 is 14.6. The molecular formula is C21H34FN3O2. The average molecular weight is 380 g/mol. The largest absolute Gasteiger partial charge is 0.345 e. The third-order valence-corrected chi connectivity index (χ3v) is 7.83. The summed E-state index contributed by atoms with van der Waals surface area (Å²) in [6.07, 6.45) is 4.13. The SMILES string of the molecule is CC(C)CN1CC2(CCN(C(=O)C3(F)CCC3)CC2)C2(CCN(C)C2=O)C1. The Hall–Kier alpha value is -1.17. The van der Waals surface area contributed by atoms with Gasteiger partial charge >= 0.3 is 0 Å². The van der Waals surface area contributed by atoms with Gasteiger partial charge < -0.3 is 14.7 Å². The fraction of sp³-hybridized carbons (Fsp3) is 0.905. The van der Waals surface area contributed by atoms with Crippen LogP contribution in [-0.4, -0.2) is 78.5 Å². The second kappa shape index (κ2) is 6.43. The van der Waals surface area contributed by atoms with Crippen molar-refractivity contribution in [2.75, 3.05) is 46.3 Å². The highest BCUT2D eigenvalue weighted by molar-refractivity contribution is 5.87. The van der Waals surface area contributed by atoms with E-state index in [1.165, 1.54) is 0 Å². The molecule has 0 aromatic rings. The predicted molar refractivity (Wildman–Crippen MR) is 102 cm³/mol. The summed E-state index contributed by atoms with van der Waals surface area (Å²) in [6.45, 7) is 9.26. The Morgan fingerprint density at radius 1 is 1.07 bits per heavy atom. The molecule has 0 aromatic carbocycles. The number of likely N-dealkylation sites (tertiary alicyclic amines) is 3. The number of nitrogens with zero attached hydrogens (tertiary/aromatic N) is 3. The molecule has 2 spiro atoms. The van der Waals surface area contributed by atoms with E-state index < -0.39 is 5.67 Å². The third kappa shape index (κ3) is 2.81. The van der Waals surface area contributed by atoms with E-state index in [0.717, 1.165) is 51.9 Å². The number of hydrogen-bond acceptors (Lipinski definition) is 3. The Bertz CT molecular complexity index is 625. The second-order valence-corrected chi connectivity index (χ2v) is 10.0. The third-order valence-electron chi connectivity index (χ3n) is 7.83. The van der Waals surface area contributed by atoms with E-state index in [1.54, 1.807) is 4.90 Å². The molecule has 4 rings (SSSR count). The van der Waals surface area contributed by atoms with E-state index in [4.69, 9.17) is 0 Å². The lowest BCUT2D eigenvalue weighted by Gasteiger charge is -2.48. The van der Waals surface area contributed by atoms with Crippen molar-refractivity contribution in [3.05, 3.63) is 0 Å². The minimum absolute atomic E-state index is 0.0659. The number of piperidine rings is 1. The molecule has 27 heavy (non-hydrogen) atoms. The summed E-state index contributed by atoms with van der Waals surface area (Å²) >= 11 is 0. The Morgan fingerprint density at radius 2 is 1.74 bits per heavy atom. The number of rotatable bonds is 3. The molecular weight excluding hydrogens is 345 g/mol. The van der Waals surface area contributed by atoms with Crippen LogP contribution in [0.4, 0.5) is 4.39 Å². The van der Waals surface area contributed by atoms with Crippen LogP contribution in [0.5, 0.6) is 0 Å². The minimum Gasteiger partial charge on any atom is -0.345 e. The van der Waals surface area contributed by atoms with Crippen molar-refractivity contribution in [2.24, 2.45) is 16.7 Å². The van der Waals surface area contributed by atoms with Crippen molar-refractivity contribution in [1.29, 1.82) is 0 Å². The van der Waals surface area contributed by atoms with Crippen LogP contribution in [0.3, 0.4) is 0 Å². The topological polar surface area (TPSA) is 43.9 Å². The molecule has 3 saturated heterocycles. The van der Waals surface area contributed by atoms with Gasteiger partial charge in [0.2, 0.25) is 5.91 Å². The van der Waals surface area contributed by atoms with Gasteiger partial charge in [-0.2, -0.15) is 0 Å². The maximum Gasteiger partial charge on any atom is 0.260 e. The van der Waals surface area contributed by atoms with Crippen LogP contribution in [0.2, 0.25) is 0 Å². The molecule has 4 aliphatic rings. The fourth-order valence-electron chi connectivity index (χ4n) is 6.16. The highest BCUT2D eigenvalue weighted by Gasteiger charge is 2.65. The van der Waals surface area contributed by atoms with Gasteiger partial charge in [-0.15, -0.1) is 0 Å². The normalized spacial score (nSPS) is 32.7. The predicted octanol–water partition coefficient (Wildman–Crippen LogP) is 2.31. The summed E-state index contributed by atoms with van der Waals surface area (Å²) in [5, 5.41) is 0. The summed E-state index contributed by atoms with van der Waals surface area (Å²) in [4.78, 5) is 31.9. The first-order chi connectivity index (χ1) is 12.7. The molecule has 6 heteroatoms. The lowest BCUT2D eigenvalue weighted by molar-refractivity contribution is -0.154. The van der Waals surface area contributed by atoms with Gasteiger partial charge in [0, 0.05) is 51.7 Å². The van der Waals surface area contributed by atoms with Crippen molar-refractivity contribution < 1.29 is 14.0 Å². The molecule has 1 atom stereocenters. The van der Waals surface area contributed by atoms with Gasteiger partial charge in [0.05, 0.1) is 5.41 Å². The van der Waals surface area contributed by atoms with Crippen molar-refractivity contribution in [3.63, 3.8) is 0 Å². The highest BCUT2D eigenvalue weighted by Crippen LogP contribution is 2.58. The molecule has 152 valence electrons. The Kier molecular flexibility index (Phi) is 4.56. The lowest BCUT2D eigenvalue weighted by Crippen LogP contribution is -2.57. The van der Waals surface area contributed by atoms with E-state index in [2.05, 4.69) is 18.7 Å². The number of carbonyl (C=O) groups excluding carboxylic acids is 2. The van der Waals surface area contributed by atoms with Crippen LogP contribution < -0.4 is 0 Å². The number of hydrogen-bond donors (Lipinski definition) is 0. The zero-order chi connectivity index (χ0) is 19.4. The summed E-state index contributed by atoms with van der Waals surface area (Å²) in [5.41, 5.74) is -1.98. The summed E-state index contributed by atoms with van der Waals surface area (Å²) in [7, 11) is 1.91. The minimum atomic E-state index is -1.61. The zero-order valence-corrected chi connectivity index (χ0v) is 17.1. The number of carbonyl (C=O) groups is 2. The van der Waals surface area contributed by atoms with Crippen LogP contribution in [0, 0.1) is 16.7 Å². The zero-order valence-electron chi connectivity index (χ0n) is 17.1. The molecule has 3 aliphatic heterocycles. The van der Waals surface area contributed by atoms with Crippen molar-refractivity contribution >= 4 is 11.8 Å². The first kappa shape index (κ1) is 19.2. The van der Waals surface area contributed by atoms with E-state index in [-0.39, 0.29) is 22.6 Å². The van der Waals surface area contributed by atoms with E-state index in [9.17, 15) is 14.0 Å². The summed E-state index contributed by atoms with van der Waals surface area (Å²) in [6, 6.07) is 0. The molecule has 1 unspecified atom stereocenters. The number of alkyl halides is 1. The van der Waals surface area contributed by atoms with Crippen LogP contribution in [0.1, 0.15) is 52.4 Å². The quantitative estimate of drug-likeness (QED) is 0.756. The van der Waals surface area contributed by atoms with E-state index in [1.807, 2.05) is 11.9 Å².